The second-order valence-corrected chi connectivity index (χ2v) is 23.3. The third-order valence-electron chi connectivity index (χ3n) is 12.8. The maximum absolute atomic E-state index is 13.1. The van der Waals surface area contributed by atoms with Crippen LogP contribution in [0.2, 0.25) is 0 Å². The molecule has 83 heavy (non-hydrogen) atoms. The van der Waals surface area contributed by atoms with Crippen LogP contribution < -0.4 is 35.7 Å². The molecule has 19 nitrogen and oxygen atoms in total. The number of aliphatic hydroxyl groups is 2. The summed E-state index contributed by atoms with van der Waals surface area (Å²) in [6.45, 7) is 8.78. The predicted octanol–water partition coefficient (Wildman–Crippen LogP) is 8.00. The molecule has 0 bridgehead atoms. The van der Waals surface area contributed by atoms with Crippen LogP contribution in [0.1, 0.15) is 97.4 Å². The number of aliphatic hydroxyl groups excluding tert-OH is 2. The number of nitrogens with one attached hydrogen (secondary N) is 4. The van der Waals surface area contributed by atoms with E-state index in [2.05, 4.69) is 31.4 Å². The number of pyridine rings is 2. The standard InChI is InChI=1S/C33H34N4O5S.C29H29N5O5S/c1-22-31(42-21-24-9-7-8-23(16-24)17-34)29(20-38)27(18-35-22)19-36-32(39)26-14-12-25(13-15-26)28-10-5-6-11-30(28)43(40,41)37-33(2,3)4;1-18-27(39-17-19-5-4-6-22(13-19)28(30)31)25(16-35)23(14-33-18)15-34-29(36)21-11-9-20(10-12-21)24-7-2-3-8-26(24)40(32,37)38/h5-16,18,37-38H,19-21H2,1-4H3,(H,36,39);2-14,35H,15-17H2,1H3,(H3,30,31)(H,34,36)(H2,32,37,38). The Hall–Kier alpha value is -9.14. The van der Waals surface area contributed by atoms with Crippen molar-refractivity contribution in [2.75, 3.05) is 0 Å². The Morgan fingerprint density at radius 3 is 1.52 bits per heavy atom. The number of nitrogens with zero attached hydrogens (tertiary/aromatic N) is 3. The Morgan fingerprint density at radius 2 is 1.07 bits per heavy atom. The average Bonchev–Trinajstić information content (AvgIpc) is 3.51. The normalized spacial score (nSPS) is 11.4. The van der Waals surface area contributed by atoms with Gasteiger partial charge in [-0.3, -0.25) is 25.0 Å². The molecule has 0 spiro atoms. The van der Waals surface area contributed by atoms with Gasteiger partial charge in [0.1, 0.15) is 30.5 Å². The third-order valence-corrected chi connectivity index (χ3v) is 15.6. The van der Waals surface area contributed by atoms with Gasteiger partial charge < -0.3 is 36.1 Å². The van der Waals surface area contributed by atoms with Crippen molar-refractivity contribution in [1.82, 2.24) is 25.3 Å². The minimum atomic E-state index is -3.92. The van der Waals surface area contributed by atoms with Crippen molar-refractivity contribution < 1.29 is 46.1 Å². The second-order valence-electron chi connectivity index (χ2n) is 20.1. The molecule has 6 aromatic carbocycles. The summed E-state index contributed by atoms with van der Waals surface area (Å²) < 4.78 is 64.7. The molecule has 0 unspecified atom stereocenters. The van der Waals surface area contributed by atoms with E-state index in [0.717, 1.165) is 11.1 Å². The first-order valence-corrected chi connectivity index (χ1v) is 28.9. The van der Waals surface area contributed by atoms with E-state index in [4.69, 9.17) is 31.0 Å². The van der Waals surface area contributed by atoms with Gasteiger partial charge in [-0.1, -0.05) is 91.0 Å². The number of amidine groups is 1. The molecule has 428 valence electrons. The van der Waals surface area contributed by atoms with Gasteiger partial charge in [-0.25, -0.2) is 26.7 Å². The maximum Gasteiger partial charge on any atom is 0.251 e. The number of sulfonamides is 2. The molecule has 2 heterocycles. The monoisotopic (exact) mass is 1160 g/mol. The Labute approximate surface area is 482 Å². The first-order chi connectivity index (χ1) is 39.5. The van der Waals surface area contributed by atoms with E-state index < -0.39 is 25.6 Å². The summed E-state index contributed by atoms with van der Waals surface area (Å²) in [6.07, 6.45) is 3.17. The van der Waals surface area contributed by atoms with Crippen LogP contribution in [0.3, 0.4) is 0 Å². The summed E-state index contributed by atoms with van der Waals surface area (Å²) in [4.78, 5) is 34.8. The lowest BCUT2D eigenvalue weighted by Gasteiger charge is -2.21. The number of primary sulfonamides is 1. The van der Waals surface area contributed by atoms with E-state index in [1.54, 1.807) is 174 Å². The van der Waals surface area contributed by atoms with E-state index in [1.165, 1.54) is 6.07 Å². The molecule has 0 radical (unpaired) electrons. The lowest BCUT2D eigenvalue weighted by molar-refractivity contribution is 0.0942. The molecule has 0 aliphatic rings. The summed E-state index contributed by atoms with van der Waals surface area (Å²) in [7, 11) is -7.69. The highest BCUT2D eigenvalue weighted by atomic mass is 32.2. The molecule has 0 atom stereocenters. The van der Waals surface area contributed by atoms with E-state index in [-0.39, 0.29) is 67.0 Å². The number of aryl methyl sites for hydroxylation is 2. The SMILES string of the molecule is Cc1ncc(CNC(=O)c2ccc(-c3ccccc3S(=O)(=O)NC(C)(C)C)cc2)c(CO)c1OCc1cccc(C#N)c1.Cc1ncc(CNC(=O)c2ccc(-c3ccccc3S(N)(=O)=O)cc2)c(CO)c1OCc1cccc(C(=N)N)c1. The molecule has 0 aliphatic carbocycles. The van der Waals surface area contributed by atoms with Crippen molar-refractivity contribution in [1.29, 1.82) is 10.7 Å². The van der Waals surface area contributed by atoms with Gasteiger partial charge in [-0.05, 0) is 123 Å². The number of ether oxygens (including phenoxy) is 2. The number of nitrogens with two attached hydrogens (primary N) is 2. The quantitative estimate of drug-likeness (QED) is 0.0265. The first-order valence-electron chi connectivity index (χ1n) is 25.9. The van der Waals surface area contributed by atoms with Gasteiger partial charge in [0.05, 0.1) is 46.0 Å². The Bertz CT molecular complexity index is 3960. The molecular weight excluding hydrogens is 1090 g/mol. The number of carbonyl (C=O) groups excluding carboxylic acids is 2. The molecular formula is C62H63N9O10S2. The number of carbonyl (C=O) groups is 2. The van der Waals surface area contributed by atoms with Crippen molar-refractivity contribution in [3.63, 3.8) is 0 Å². The fourth-order valence-corrected chi connectivity index (χ4v) is 11.2. The molecule has 0 aliphatic heterocycles. The number of hydrogen-bond donors (Lipinski definition) is 8. The number of benzene rings is 6. The smallest absolute Gasteiger partial charge is 0.251 e. The minimum absolute atomic E-state index is 0.000172. The van der Waals surface area contributed by atoms with Crippen LogP contribution in [-0.4, -0.2) is 60.2 Å². The topological polar surface area (TPSA) is 323 Å². The van der Waals surface area contributed by atoms with Gasteiger partial charge in [0.2, 0.25) is 20.0 Å². The molecule has 0 fully saturated rings. The Morgan fingerprint density at radius 1 is 0.627 bits per heavy atom. The molecule has 2 aromatic heterocycles. The zero-order valence-corrected chi connectivity index (χ0v) is 47.9. The fourth-order valence-electron chi connectivity index (χ4n) is 8.76. The molecule has 10 N–H and O–H groups in total. The molecule has 0 saturated heterocycles. The summed E-state index contributed by atoms with van der Waals surface area (Å²) in [6, 6.07) is 42.6. The number of rotatable bonds is 20. The Kier molecular flexibility index (Phi) is 20.1. The van der Waals surface area contributed by atoms with Gasteiger partial charge in [0, 0.05) is 70.0 Å². The molecule has 8 rings (SSSR count). The Balaban J connectivity index is 0.000000239. The summed E-state index contributed by atoms with van der Waals surface area (Å²) >= 11 is 0. The third kappa shape index (κ3) is 16.1. The summed E-state index contributed by atoms with van der Waals surface area (Å²) in [5.74, 6) is 0.0914. The average molecular weight is 1160 g/mol. The maximum atomic E-state index is 13.1. The lowest BCUT2D eigenvalue weighted by Crippen LogP contribution is -2.40. The zero-order chi connectivity index (χ0) is 60.1. The predicted molar refractivity (Wildman–Crippen MR) is 315 cm³/mol. The van der Waals surface area contributed by atoms with Crippen molar-refractivity contribution >= 4 is 37.7 Å². The van der Waals surface area contributed by atoms with Crippen LogP contribution in [0.25, 0.3) is 22.3 Å². The number of nitrogen functional groups attached to an aromatic ring is 1. The van der Waals surface area contributed by atoms with Crippen LogP contribution in [0, 0.1) is 30.6 Å². The van der Waals surface area contributed by atoms with Gasteiger partial charge in [0.15, 0.2) is 0 Å². The van der Waals surface area contributed by atoms with Crippen LogP contribution in [0.15, 0.2) is 168 Å². The highest BCUT2D eigenvalue weighted by Gasteiger charge is 2.25. The van der Waals surface area contributed by atoms with Crippen molar-refractivity contribution in [3.8, 4) is 39.8 Å². The number of amides is 2. The van der Waals surface area contributed by atoms with Crippen molar-refractivity contribution in [2.24, 2.45) is 10.9 Å². The molecule has 8 aromatic rings. The highest BCUT2D eigenvalue weighted by molar-refractivity contribution is 7.89. The highest BCUT2D eigenvalue weighted by Crippen LogP contribution is 2.31. The fraction of sp³-hybridized carbons (Fsp3) is 0.194. The van der Waals surface area contributed by atoms with Crippen LogP contribution >= 0.6 is 0 Å². The van der Waals surface area contributed by atoms with Gasteiger partial charge in [0.25, 0.3) is 11.8 Å². The largest absolute Gasteiger partial charge is 0.487 e. The van der Waals surface area contributed by atoms with Gasteiger partial charge in [-0.2, -0.15) is 5.26 Å². The van der Waals surface area contributed by atoms with E-state index in [9.17, 15) is 36.6 Å². The molecule has 21 heteroatoms. The second kappa shape index (κ2) is 27.1. The molecule has 0 saturated carbocycles. The lowest BCUT2D eigenvalue weighted by atomic mass is 10.0. The minimum Gasteiger partial charge on any atom is -0.487 e. The number of nitriles is 1. The first kappa shape index (κ1) is 61.5. The van der Waals surface area contributed by atoms with E-state index >= 15 is 0 Å². The van der Waals surface area contributed by atoms with Crippen molar-refractivity contribution in [2.45, 2.75) is 89.5 Å². The molecule has 2 amide bonds. The van der Waals surface area contributed by atoms with Crippen LogP contribution in [-0.2, 0) is 59.6 Å². The van der Waals surface area contributed by atoms with Gasteiger partial charge in [-0.15, -0.1) is 0 Å². The number of aromatic nitrogens is 2. The van der Waals surface area contributed by atoms with E-state index in [0.29, 0.717) is 89.6 Å². The number of hydrogen-bond acceptors (Lipinski definition) is 14. The summed E-state index contributed by atoms with van der Waals surface area (Å²) in [5, 5.41) is 48.1. The van der Waals surface area contributed by atoms with Gasteiger partial charge >= 0.3 is 0 Å². The van der Waals surface area contributed by atoms with Crippen LogP contribution in [0.4, 0.5) is 0 Å². The zero-order valence-electron chi connectivity index (χ0n) is 46.2. The summed E-state index contributed by atoms with van der Waals surface area (Å²) in [5.41, 5.74) is 14.0. The van der Waals surface area contributed by atoms with Crippen molar-refractivity contribution in [3.05, 3.63) is 225 Å². The van der Waals surface area contributed by atoms with E-state index in [1.807, 2.05) is 12.1 Å². The van der Waals surface area contributed by atoms with Crippen LogP contribution in [0.5, 0.6) is 11.5 Å².